The predicted molar refractivity (Wildman–Crippen MR) is 59.7 cm³/mol. The fraction of sp³-hybridized carbons (Fsp3) is 0.400. The molecule has 0 aliphatic carbocycles. The summed E-state index contributed by atoms with van der Waals surface area (Å²) in [5.41, 5.74) is -0.297. The van der Waals surface area contributed by atoms with Gasteiger partial charge in [-0.15, -0.1) is 0 Å². The molecule has 96 valence electrons. The SMILES string of the molecule is CCN1CCc2[nH]c([N+](=O)[O-])c(C(=O)O)c2C1=O. The van der Waals surface area contributed by atoms with E-state index in [-0.39, 0.29) is 5.56 Å². The molecule has 0 saturated carbocycles. The first-order valence-corrected chi connectivity index (χ1v) is 5.39. The van der Waals surface area contributed by atoms with Gasteiger partial charge in [-0.3, -0.25) is 4.79 Å². The van der Waals surface area contributed by atoms with E-state index in [1.54, 1.807) is 6.92 Å². The standard InChI is InChI=1S/C10H11N3O5/c1-2-12-4-3-5-6(9(12)14)7(10(15)16)8(11-5)13(17)18/h11H,2-4H2,1H3,(H,15,16). The Morgan fingerprint density at radius 3 is 2.78 bits per heavy atom. The van der Waals surface area contributed by atoms with E-state index in [4.69, 9.17) is 5.11 Å². The van der Waals surface area contributed by atoms with Gasteiger partial charge in [0.05, 0.1) is 0 Å². The van der Waals surface area contributed by atoms with Crippen LogP contribution in [0.25, 0.3) is 0 Å². The van der Waals surface area contributed by atoms with Crippen LogP contribution >= 0.6 is 0 Å². The number of carboxylic acid groups (broad SMARTS) is 1. The minimum atomic E-state index is -1.47. The number of aromatic nitrogens is 1. The first-order chi connectivity index (χ1) is 8.47. The predicted octanol–water partition coefficient (Wildman–Crippen LogP) is 0.639. The highest BCUT2D eigenvalue weighted by atomic mass is 16.6. The Hall–Kier alpha value is -2.38. The van der Waals surface area contributed by atoms with Crippen LogP contribution in [-0.2, 0) is 6.42 Å². The molecule has 2 heterocycles. The normalized spacial score (nSPS) is 14.5. The van der Waals surface area contributed by atoms with Gasteiger partial charge >= 0.3 is 11.8 Å². The van der Waals surface area contributed by atoms with Crippen LogP contribution < -0.4 is 0 Å². The molecule has 0 atom stereocenters. The second kappa shape index (κ2) is 4.13. The van der Waals surface area contributed by atoms with Crippen LogP contribution in [-0.4, -0.2) is 44.9 Å². The van der Waals surface area contributed by atoms with Crippen molar-refractivity contribution in [3.05, 3.63) is 26.9 Å². The molecule has 0 radical (unpaired) electrons. The van der Waals surface area contributed by atoms with Crippen LogP contribution in [0, 0.1) is 10.1 Å². The van der Waals surface area contributed by atoms with Crippen molar-refractivity contribution < 1.29 is 19.6 Å². The summed E-state index contributed by atoms with van der Waals surface area (Å²) in [6.07, 6.45) is 0.392. The van der Waals surface area contributed by atoms with Crippen molar-refractivity contribution in [1.82, 2.24) is 9.88 Å². The number of hydrogen-bond acceptors (Lipinski definition) is 4. The Morgan fingerprint density at radius 1 is 1.61 bits per heavy atom. The Balaban J connectivity index is 2.64. The molecule has 8 nitrogen and oxygen atoms in total. The van der Waals surface area contributed by atoms with E-state index >= 15 is 0 Å². The molecule has 1 aromatic rings. The van der Waals surface area contributed by atoms with Crippen LogP contribution in [0.2, 0.25) is 0 Å². The molecular formula is C10H11N3O5. The molecule has 0 saturated heterocycles. The van der Waals surface area contributed by atoms with Gasteiger partial charge in [0.1, 0.15) is 11.3 Å². The summed E-state index contributed by atoms with van der Waals surface area (Å²) in [6.45, 7) is 2.64. The maximum Gasteiger partial charge on any atom is 0.345 e. The van der Waals surface area contributed by atoms with Crippen LogP contribution in [0.5, 0.6) is 0 Å². The van der Waals surface area contributed by atoms with E-state index < -0.39 is 28.2 Å². The number of H-pyrrole nitrogens is 1. The number of hydrogen-bond donors (Lipinski definition) is 2. The lowest BCUT2D eigenvalue weighted by molar-refractivity contribution is -0.389. The molecule has 0 bridgehead atoms. The van der Waals surface area contributed by atoms with E-state index in [9.17, 15) is 19.7 Å². The number of nitrogens with zero attached hydrogens (tertiary/aromatic N) is 2. The highest BCUT2D eigenvalue weighted by Crippen LogP contribution is 2.29. The molecule has 8 heteroatoms. The number of aromatic amines is 1. The van der Waals surface area contributed by atoms with E-state index in [2.05, 4.69) is 4.98 Å². The van der Waals surface area contributed by atoms with Gasteiger partial charge in [-0.25, -0.2) is 9.78 Å². The number of rotatable bonds is 3. The molecule has 2 N–H and O–H groups in total. The number of aromatic carboxylic acids is 1. The number of nitro groups is 1. The lowest BCUT2D eigenvalue weighted by Gasteiger charge is -2.24. The largest absolute Gasteiger partial charge is 0.477 e. The summed E-state index contributed by atoms with van der Waals surface area (Å²) in [4.78, 5) is 37.0. The zero-order chi connectivity index (χ0) is 13.4. The van der Waals surface area contributed by atoms with Gasteiger partial charge in [-0.2, -0.15) is 0 Å². The van der Waals surface area contributed by atoms with Gasteiger partial charge < -0.3 is 20.1 Å². The molecule has 0 unspecified atom stereocenters. The van der Waals surface area contributed by atoms with E-state index in [1.807, 2.05) is 0 Å². The zero-order valence-electron chi connectivity index (χ0n) is 9.60. The molecule has 0 fully saturated rings. The first-order valence-electron chi connectivity index (χ1n) is 5.39. The highest BCUT2D eigenvalue weighted by molar-refractivity contribution is 6.08. The van der Waals surface area contributed by atoms with Crippen LogP contribution in [0.4, 0.5) is 5.82 Å². The van der Waals surface area contributed by atoms with Gasteiger partial charge in [0.25, 0.3) is 5.91 Å². The quantitative estimate of drug-likeness (QED) is 0.605. The van der Waals surface area contributed by atoms with E-state index in [0.29, 0.717) is 25.2 Å². The molecule has 1 aliphatic heterocycles. The average molecular weight is 253 g/mol. The Morgan fingerprint density at radius 2 is 2.28 bits per heavy atom. The highest BCUT2D eigenvalue weighted by Gasteiger charge is 2.38. The summed E-state index contributed by atoms with van der Waals surface area (Å²) in [5, 5.41) is 19.8. The molecule has 18 heavy (non-hydrogen) atoms. The Kier molecular flexibility index (Phi) is 2.77. The van der Waals surface area contributed by atoms with Crippen LogP contribution in [0.3, 0.4) is 0 Å². The maximum absolute atomic E-state index is 12.0. The van der Waals surface area contributed by atoms with Crippen molar-refractivity contribution in [1.29, 1.82) is 0 Å². The second-order valence-corrected chi connectivity index (χ2v) is 3.90. The number of carboxylic acids is 1. The van der Waals surface area contributed by atoms with Gasteiger partial charge in [-0.05, 0) is 11.8 Å². The average Bonchev–Trinajstić information content (AvgIpc) is 2.70. The van der Waals surface area contributed by atoms with Crippen molar-refractivity contribution >= 4 is 17.7 Å². The molecule has 0 spiro atoms. The smallest absolute Gasteiger partial charge is 0.345 e. The third-order valence-corrected chi connectivity index (χ3v) is 2.97. The molecule has 1 amide bonds. The van der Waals surface area contributed by atoms with Gasteiger partial charge in [-0.1, -0.05) is 0 Å². The number of fused-ring (bicyclic) bond motifs is 1. The number of amides is 1. The molecule has 0 aromatic carbocycles. The number of likely N-dealkylation sites (N-methyl/N-ethyl adjacent to an activating group) is 1. The zero-order valence-corrected chi connectivity index (χ0v) is 9.60. The fourth-order valence-electron chi connectivity index (χ4n) is 2.11. The van der Waals surface area contributed by atoms with Crippen LogP contribution in [0.15, 0.2) is 0 Å². The van der Waals surface area contributed by atoms with Crippen molar-refractivity contribution in [3.63, 3.8) is 0 Å². The topological polar surface area (TPSA) is 117 Å². The first kappa shape index (κ1) is 12.1. The number of carbonyl (C=O) groups is 2. The van der Waals surface area contributed by atoms with Crippen molar-refractivity contribution in [3.8, 4) is 0 Å². The molecule has 1 aliphatic rings. The van der Waals surface area contributed by atoms with Crippen molar-refractivity contribution in [2.24, 2.45) is 0 Å². The summed E-state index contributed by atoms with van der Waals surface area (Å²) in [6, 6.07) is 0. The second-order valence-electron chi connectivity index (χ2n) is 3.90. The minimum Gasteiger partial charge on any atom is -0.477 e. The van der Waals surface area contributed by atoms with Gasteiger partial charge in [0.15, 0.2) is 5.56 Å². The monoisotopic (exact) mass is 253 g/mol. The summed E-state index contributed by atoms with van der Waals surface area (Å²) in [7, 11) is 0. The lowest BCUT2D eigenvalue weighted by Crippen LogP contribution is -2.37. The van der Waals surface area contributed by atoms with Crippen LogP contribution in [0.1, 0.15) is 33.3 Å². The van der Waals surface area contributed by atoms with Crippen molar-refractivity contribution in [2.45, 2.75) is 13.3 Å². The van der Waals surface area contributed by atoms with E-state index in [1.165, 1.54) is 4.90 Å². The van der Waals surface area contributed by atoms with Crippen molar-refractivity contribution in [2.75, 3.05) is 13.1 Å². The minimum absolute atomic E-state index is 0.0812. The summed E-state index contributed by atoms with van der Waals surface area (Å²) < 4.78 is 0. The number of carbonyl (C=O) groups excluding carboxylic acids is 1. The van der Waals surface area contributed by atoms with Gasteiger partial charge in [0.2, 0.25) is 0 Å². The van der Waals surface area contributed by atoms with E-state index in [0.717, 1.165) is 0 Å². The third-order valence-electron chi connectivity index (χ3n) is 2.97. The Bertz CT molecular complexity index is 548. The van der Waals surface area contributed by atoms with Gasteiger partial charge in [0, 0.05) is 19.5 Å². The summed E-state index contributed by atoms with van der Waals surface area (Å²) >= 11 is 0. The summed E-state index contributed by atoms with van der Waals surface area (Å²) in [5.74, 6) is -2.56. The molecule has 1 aromatic heterocycles. The maximum atomic E-state index is 12.0. The Labute approximate surface area is 101 Å². The molecular weight excluding hydrogens is 242 g/mol. The lowest BCUT2D eigenvalue weighted by atomic mass is 10.0. The number of nitrogens with one attached hydrogen (secondary N) is 1. The molecule has 2 rings (SSSR count). The third kappa shape index (κ3) is 1.62. The fourth-order valence-corrected chi connectivity index (χ4v) is 2.11.